The molecule has 0 amide bonds. The lowest BCUT2D eigenvalue weighted by Crippen LogP contribution is -2.34. The molecule has 6 nitrogen and oxygen atoms in total. The molecule has 1 aromatic rings. The largest absolute Gasteiger partial charge is 0.395 e. The van der Waals surface area contributed by atoms with Crippen molar-refractivity contribution in [2.75, 3.05) is 25.4 Å². The molecule has 0 fully saturated rings. The summed E-state index contributed by atoms with van der Waals surface area (Å²) in [6.45, 7) is 3.76. The molecular weight excluding hydrogens is 262 g/mol. The maximum atomic E-state index is 12.3. The van der Waals surface area contributed by atoms with Gasteiger partial charge in [-0.3, -0.25) is 0 Å². The SMILES string of the molecule is CCCN(CCO)S(=O)(=O)c1sc(N)nc1C. The van der Waals surface area contributed by atoms with Crippen LogP contribution in [0.25, 0.3) is 0 Å². The average Bonchev–Trinajstić information content (AvgIpc) is 2.58. The van der Waals surface area contributed by atoms with Gasteiger partial charge in [0.1, 0.15) is 0 Å². The first-order chi connectivity index (χ1) is 7.93. The second-order valence-electron chi connectivity index (χ2n) is 3.55. The number of hydrogen-bond donors (Lipinski definition) is 2. The summed E-state index contributed by atoms with van der Waals surface area (Å²) in [5.74, 6) is 0. The van der Waals surface area contributed by atoms with Crippen molar-refractivity contribution >= 4 is 26.5 Å². The van der Waals surface area contributed by atoms with E-state index < -0.39 is 10.0 Å². The zero-order valence-corrected chi connectivity index (χ0v) is 11.5. The third kappa shape index (κ3) is 3.15. The number of nitrogen functional groups attached to an aromatic ring is 1. The number of anilines is 1. The molecule has 1 rings (SSSR count). The lowest BCUT2D eigenvalue weighted by atomic mass is 10.5. The minimum Gasteiger partial charge on any atom is -0.395 e. The van der Waals surface area contributed by atoms with E-state index in [1.54, 1.807) is 6.92 Å². The van der Waals surface area contributed by atoms with Gasteiger partial charge in [-0.05, 0) is 13.3 Å². The van der Waals surface area contributed by atoms with Crippen LogP contribution < -0.4 is 5.73 Å². The van der Waals surface area contributed by atoms with E-state index >= 15 is 0 Å². The van der Waals surface area contributed by atoms with Crippen LogP contribution in [-0.4, -0.2) is 42.5 Å². The fourth-order valence-electron chi connectivity index (χ4n) is 1.47. The molecule has 0 saturated heterocycles. The van der Waals surface area contributed by atoms with Gasteiger partial charge in [0, 0.05) is 13.1 Å². The lowest BCUT2D eigenvalue weighted by molar-refractivity contribution is 0.253. The minimum atomic E-state index is -3.59. The first-order valence-electron chi connectivity index (χ1n) is 5.27. The number of rotatable bonds is 6. The first kappa shape index (κ1) is 14.4. The zero-order chi connectivity index (χ0) is 13.1. The van der Waals surface area contributed by atoms with Gasteiger partial charge in [0.15, 0.2) is 9.34 Å². The number of aryl methyl sites for hydroxylation is 1. The molecule has 0 saturated carbocycles. The van der Waals surface area contributed by atoms with E-state index in [1.165, 1.54) is 4.31 Å². The molecule has 1 heterocycles. The Balaban J connectivity index is 3.11. The normalized spacial score (nSPS) is 12.2. The molecule has 0 atom stereocenters. The monoisotopic (exact) mass is 279 g/mol. The van der Waals surface area contributed by atoms with Crippen molar-refractivity contribution in [1.82, 2.24) is 9.29 Å². The summed E-state index contributed by atoms with van der Waals surface area (Å²) in [6, 6.07) is 0. The topological polar surface area (TPSA) is 96.5 Å². The fraction of sp³-hybridized carbons (Fsp3) is 0.667. The lowest BCUT2D eigenvalue weighted by Gasteiger charge is -2.19. The third-order valence-corrected chi connectivity index (χ3v) is 5.64. The van der Waals surface area contributed by atoms with Crippen molar-refractivity contribution in [3.05, 3.63) is 5.69 Å². The van der Waals surface area contributed by atoms with Gasteiger partial charge in [-0.1, -0.05) is 18.3 Å². The summed E-state index contributed by atoms with van der Waals surface area (Å²) < 4.78 is 26.0. The number of nitrogens with two attached hydrogens (primary N) is 1. The Morgan fingerprint density at radius 2 is 2.12 bits per heavy atom. The molecule has 17 heavy (non-hydrogen) atoms. The van der Waals surface area contributed by atoms with E-state index in [2.05, 4.69) is 4.98 Å². The Kier molecular flexibility index (Phi) is 4.87. The van der Waals surface area contributed by atoms with Gasteiger partial charge >= 0.3 is 0 Å². The Labute approximate surface area is 105 Å². The Morgan fingerprint density at radius 3 is 2.53 bits per heavy atom. The number of thiazole rings is 1. The van der Waals surface area contributed by atoms with Crippen LogP contribution in [0.4, 0.5) is 5.13 Å². The van der Waals surface area contributed by atoms with Gasteiger partial charge in [0.2, 0.25) is 0 Å². The van der Waals surface area contributed by atoms with Gasteiger partial charge in [0.25, 0.3) is 10.0 Å². The highest BCUT2D eigenvalue weighted by atomic mass is 32.2. The summed E-state index contributed by atoms with van der Waals surface area (Å²) in [5.41, 5.74) is 5.91. The van der Waals surface area contributed by atoms with Crippen molar-refractivity contribution in [3.63, 3.8) is 0 Å². The van der Waals surface area contributed by atoms with E-state index in [1.807, 2.05) is 6.92 Å². The third-order valence-electron chi connectivity index (χ3n) is 2.17. The van der Waals surface area contributed by atoms with Crippen LogP contribution in [0.1, 0.15) is 19.0 Å². The van der Waals surface area contributed by atoms with Crippen LogP contribution in [0, 0.1) is 6.92 Å². The second-order valence-corrected chi connectivity index (χ2v) is 6.72. The van der Waals surface area contributed by atoms with Gasteiger partial charge in [-0.2, -0.15) is 4.31 Å². The quantitative estimate of drug-likeness (QED) is 0.787. The Bertz CT molecular complexity index is 464. The number of hydrogen-bond acceptors (Lipinski definition) is 6. The summed E-state index contributed by atoms with van der Waals surface area (Å²) in [7, 11) is -3.59. The molecule has 0 unspecified atom stereocenters. The molecule has 0 aromatic carbocycles. The maximum absolute atomic E-state index is 12.3. The van der Waals surface area contributed by atoms with Crippen molar-refractivity contribution in [2.45, 2.75) is 24.5 Å². The standard InChI is InChI=1S/C9H17N3O3S2/c1-3-4-12(5-6-13)17(14,15)8-7(2)11-9(10)16-8/h13H,3-6H2,1-2H3,(H2,10,11). The van der Waals surface area contributed by atoms with Gasteiger partial charge < -0.3 is 10.8 Å². The molecule has 0 spiro atoms. The molecule has 0 aliphatic rings. The molecule has 0 radical (unpaired) electrons. The van der Waals surface area contributed by atoms with E-state index in [4.69, 9.17) is 10.8 Å². The van der Waals surface area contributed by atoms with Crippen molar-refractivity contribution < 1.29 is 13.5 Å². The number of sulfonamides is 1. The highest BCUT2D eigenvalue weighted by molar-refractivity contribution is 7.91. The zero-order valence-electron chi connectivity index (χ0n) is 9.88. The Morgan fingerprint density at radius 1 is 1.47 bits per heavy atom. The Hall–Kier alpha value is -0.700. The minimum absolute atomic E-state index is 0.0907. The van der Waals surface area contributed by atoms with Crippen molar-refractivity contribution in [1.29, 1.82) is 0 Å². The number of aliphatic hydroxyl groups excluding tert-OH is 1. The van der Waals surface area contributed by atoms with Gasteiger partial charge in [-0.25, -0.2) is 13.4 Å². The fourth-order valence-corrected chi connectivity index (χ4v) is 4.43. The van der Waals surface area contributed by atoms with Crippen LogP contribution in [0.2, 0.25) is 0 Å². The van der Waals surface area contributed by atoms with E-state index in [0.717, 1.165) is 11.3 Å². The van der Waals surface area contributed by atoms with Crippen molar-refractivity contribution in [3.8, 4) is 0 Å². The van der Waals surface area contributed by atoms with E-state index in [-0.39, 0.29) is 22.5 Å². The first-order valence-corrected chi connectivity index (χ1v) is 7.53. The van der Waals surface area contributed by atoms with Crippen molar-refractivity contribution in [2.24, 2.45) is 0 Å². The van der Waals surface area contributed by atoms with E-state index in [0.29, 0.717) is 18.7 Å². The molecule has 0 aliphatic carbocycles. The van der Waals surface area contributed by atoms with Crippen LogP contribution in [0.15, 0.2) is 4.21 Å². The van der Waals surface area contributed by atoms with Crippen LogP contribution in [0.5, 0.6) is 0 Å². The molecule has 3 N–H and O–H groups in total. The smallest absolute Gasteiger partial charge is 0.254 e. The summed E-state index contributed by atoms with van der Waals surface area (Å²) >= 11 is 0.957. The summed E-state index contributed by atoms with van der Waals surface area (Å²) in [4.78, 5) is 3.91. The van der Waals surface area contributed by atoms with Crippen LogP contribution in [0.3, 0.4) is 0 Å². The number of aromatic nitrogens is 1. The molecule has 1 aromatic heterocycles. The van der Waals surface area contributed by atoms with E-state index in [9.17, 15) is 8.42 Å². The second kappa shape index (κ2) is 5.76. The maximum Gasteiger partial charge on any atom is 0.254 e. The molecule has 0 aliphatic heterocycles. The number of aliphatic hydroxyl groups is 1. The van der Waals surface area contributed by atoms with Gasteiger partial charge in [-0.15, -0.1) is 0 Å². The highest BCUT2D eigenvalue weighted by Gasteiger charge is 2.27. The summed E-state index contributed by atoms with van der Waals surface area (Å²) in [5, 5.41) is 9.14. The average molecular weight is 279 g/mol. The summed E-state index contributed by atoms with van der Waals surface area (Å²) in [6.07, 6.45) is 0.687. The van der Waals surface area contributed by atoms with Crippen LogP contribution in [-0.2, 0) is 10.0 Å². The number of nitrogens with zero attached hydrogens (tertiary/aromatic N) is 2. The predicted molar refractivity (Wildman–Crippen MR) is 67.4 cm³/mol. The molecule has 98 valence electrons. The molecule has 0 bridgehead atoms. The van der Waals surface area contributed by atoms with Crippen LogP contribution >= 0.6 is 11.3 Å². The molecular formula is C9H17N3O3S2. The van der Waals surface area contributed by atoms with Gasteiger partial charge in [0.05, 0.1) is 12.3 Å². The highest BCUT2D eigenvalue weighted by Crippen LogP contribution is 2.27. The molecule has 8 heteroatoms. The predicted octanol–water partition coefficient (Wildman–Crippen LogP) is 0.427.